The van der Waals surface area contributed by atoms with E-state index in [0.29, 0.717) is 0 Å². The molecule has 0 unspecified atom stereocenters. The van der Waals surface area contributed by atoms with Crippen molar-refractivity contribution >= 4 is 27.3 Å². The molecular weight excluding hydrogens is 264 g/mol. The third-order valence-corrected chi connectivity index (χ3v) is 3.69. The Labute approximate surface area is 96.2 Å². The number of thiophene rings is 1. The molecule has 1 aromatic heterocycles. The summed E-state index contributed by atoms with van der Waals surface area (Å²) in [4.78, 5) is 0. The number of ether oxygens (including phenoxy) is 1. The molecule has 1 aliphatic rings. The van der Waals surface area contributed by atoms with Gasteiger partial charge in [-0.1, -0.05) is 0 Å². The van der Waals surface area contributed by atoms with Crippen LogP contribution >= 0.6 is 27.3 Å². The monoisotopic (exact) mass is 276 g/mol. The predicted molar refractivity (Wildman–Crippen MR) is 61.3 cm³/mol. The number of hydrazine groups is 1. The molecule has 1 saturated heterocycles. The largest absolute Gasteiger partial charge is 0.379 e. The summed E-state index contributed by atoms with van der Waals surface area (Å²) in [6.07, 6.45) is 0. The highest BCUT2D eigenvalue weighted by molar-refractivity contribution is 9.11. The SMILES string of the molecule is Brc1cc(CNN2CCOCC2)cs1. The molecule has 0 aliphatic carbocycles. The Morgan fingerprint density at radius 1 is 1.50 bits per heavy atom. The van der Waals surface area contributed by atoms with Gasteiger partial charge in [-0.05, 0) is 32.9 Å². The van der Waals surface area contributed by atoms with Gasteiger partial charge in [0.05, 0.1) is 17.0 Å². The summed E-state index contributed by atoms with van der Waals surface area (Å²) >= 11 is 5.18. The lowest BCUT2D eigenvalue weighted by molar-refractivity contribution is 0.0106. The van der Waals surface area contributed by atoms with Gasteiger partial charge < -0.3 is 4.74 Å². The van der Waals surface area contributed by atoms with Crippen LogP contribution in [-0.4, -0.2) is 31.3 Å². The standard InChI is InChI=1S/C9H13BrN2OS/c10-9-5-8(7-14-9)6-11-12-1-3-13-4-2-12/h5,7,11H,1-4,6H2. The molecule has 0 spiro atoms. The van der Waals surface area contributed by atoms with Crippen LogP contribution in [0.25, 0.3) is 0 Å². The van der Waals surface area contributed by atoms with Gasteiger partial charge >= 0.3 is 0 Å². The van der Waals surface area contributed by atoms with Gasteiger partial charge in [-0.15, -0.1) is 11.3 Å². The highest BCUT2D eigenvalue weighted by Gasteiger charge is 2.09. The van der Waals surface area contributed by atoms with Crippen LogP contribution in [0.5, 0.6) is 0 Å². The molecule has 5 heteroatoms. The molecule has 0 amide bonds. The average molecular weight is 277 g/mol. The van der Waals surface area contributed by atoms with Gasteiger partial charge in [0.25, 0.3) is 0 Å². The van der Waals surface area contributed by atoms with Crippen LogP contribution in [0.3, 0.4) is 0 Å². The minimum absolute atomic E-state index is 0.834. The Kier molecular flexibility index (Phi) is 3.95. The third-order valence-electron chi connectivity index (χ3n) is 2.14. The first-order chi connectivity index (χ1) is 6.84. The fourth-order valence-corrected chi connectivity index (χ4v) is 2.57. The molecule has 0 radical (unpaired) electrons. The molecule has 1 aliphatic heterocycles. The molecule has 1 N–H and O–H groups in total. The van der Waals surface area contributed by atoms with E-state index in [2.05, 4.69) is 37.8 Å². The van der Waals surface area contributed by atoms with E-state index in [1.165, 1.54) is 9.35 Å². The molecule has 3 nitrogen and oxygen atoms in total. The van der Waals surface area contributed by atoms with Crippen LogP contribution in [-0.2, 0) is 11.3 Å². The van der Waals surface area contributed by atoms with Gasteiger partial charge in [0.2, 0.25) is 0 Å². The molecule has 14 heavy (non-hydrogen) atoms. The number of nitrogens with zero attached hydrogens (tertiary/aromatic N) is 1. The number of nitrogens with one attached hydrogen (secondary N) is 1. The van der Waals surface area contributed by atoms with Crippen molar-refractivity contribution in [2.75, 3.05) is 26.3 Å². The summed E-state index contributed by atoms with van der Waals surface area (Å²) < 4.78 is 6.46. The molecular formula is C9H13BrN2OS. The van der Waals surface area contributed by atoms with E-state index in [4.69, 9.17) is 4.74 Å². The second-order valence-electron chi connectivity index (χ2n) is 3.19. The normalized spacial score (nSPS) is 18.6. The number of hydrogen-bond donors (Lipinski definition) is 1. The van der Waals surface area contributed by atoms with E-state index in [1.807, 2.05) is 0 Å². The lowest BCUT2D eigenvalue weighted by Crippen LogP contribution is -2.45. The van der Waals surface area contributed by atoms with Gasteiger partial charge in [-0.25, -0.2) is 5.01 Å². The van der Waals surface area contributed by atoms with E-state index < -0.39 is 0 Å². The Bertz CT molecular complexity index is 286. The highest BCUT2D eigenvalue weighted by atomic mass is 79.9. The quantitative estimate of drug-likeness (QED) is 0.912. The third kappa shape index (κ3) is 3.03. The van der Waals surface area contributed by atoms with Crippen molar-refractivity contribution in [3.63, 3.8) is 0 Å². The van der Waals surface area contributed by atoms with Gasteiger partial charge in [0.1, 0.15) is 0 Å². The van der Waals surface area contributed by atoms with Gasteiger partial charge in [0, 0.05) is 19.6 Å². The summed E-state index contributed by atoms with van der Waals surface area (Å²) in [5, 5.41) is 4.38. The van der Waals surface area contributed by atoms with Crippen molar-refractivity contribution in [3.05, 3.63) is 20.8 Å². The van der Waals surface area contributed by atoms with Gasteiger partial charge in [-0.3, -0.25) is 5.43 Å². The maximum absolute atomic E-state index is 5.27. The van der Waals surface area contributed by atoms with Crippen LogP contribution in [0.15, 0.2) is 15.2 Å². The van der Waals surface area contributed by atoms with Crippen LogP contribution < -0.4 is 5.43 Å². The molecule has 0 aromatic carbocycles. The zero-order valence-electron chi connectivity index (χ0n) is 7.83. The Morgan fingerprint density at radius 3 is 2.93 bits per heavy atom. The summed E-state index contributed by atoms with van der Waals surface area (Å²) in [5.74, 6) is 0. The number of hydrogen-bond acceptors (Lipinski definition) is 4. The van der Waals surface area contributed by atoms with Crippen LogP contribution in [0.2, 0.25) is 0 Å². The van der Waals surface area contributed by atoms with Crippen molar-refractivity contribution in [2.45, 2.75) is 6.54 Å². The van der Waals surface area contributed by atoms with Crippen molar-refractivity contribution in [2.24, 2.45) is 0 Å². The lowest BCUT2D eigenvalue weighted by Gasteiger charge is -2.27. The van der Waals surface area contributed by atoms with Crippen LogP contribution in [0.1, 0.15) is 5.56 Å². The Balaban J connectivity index is 1.76. The van der Waals surface area contributed by atoms with E-state index in [9.17, 15) is 0 Å². The highest BCUT2D eigenvalue weighted by Crippen LogP contribution is 2.20. The first kappa shape index (κ1) is 10.6. The molecule has 0 bridgehead atoms. The van der Waals surface area contributed by atoms with Crippen molar-refractivity contribution in [1.82, 2.24) is 10.4 Å². The van der Waals surface area contributed by atoms with E-state index in [0.717, 1.165) is 32.8 Å². The Hall–Kier alpha value is 0.0600. The fraction of sp³-hybridized carbons (Fsp3) is 0.556. The predicted octanol–water partition coefficient (Wildman–Crippen LogP) is 1.85. The summed E-state index contributed by atoms with van der Waals surface area (Å²) in [7, 11) is 0. The summed E-state index contributed by atoms with van der Waals surface area (Å²) in [6.45, 7) is 4.53. The van der Waals surface area contributed by atoms with Crippen molar-refractivity contribution < 1.29 is 4.74 Å². The fourth-order valence-electron chi connectivity index (χ4n) is 1.36. The minimum atomic E-state index is 0.834. The van der Waals surface area contributed by atoms with Crippen LogP contribution in [0, 0.1) is 0 Å². The zero-order valence-corrected chi connectivity index (χ0v) is 10.2. The molecule has 2 heterocycles. The molecule has 1 aromatic rings. The first-order valence-electron chi connectivity index (χ1n) is 4.64. The Morgan fingerprint density at radius 2 is 2.29 bits per heavy atom. The van der Waals surface area contributed by atoms with E-state index in [-0.39, 0.29) is 0 Å². The molecule has 2 rings (SSSR count). The van der Waals surface area contributed by atoms with Gasteiger partial charge in [0.15, 0.2) is 0 Å². The second-order valence-corrected chi connectivity index (χ2v) is 5.48. The average Bonchev–Trinajstić information content (AvgIpc) is 2.63. The lowest BCUT2D eigenvalue weighted by atomic mass is 10.3. The zero-order chi connectivity index (χ0) is 9.80. The minimum Gasteiger partial charge on any atom is -0.379 e. The van der Waals surface area contributed by atoms with Crippen molar-refractivity contribution in [1.29, 1.82) is 0 Å². The summed E-state index contributed by atoms with van der Waals surface area (Å²) in [6, 6.07) is 2.15. The molecule has 1 fully saturated rings. The molecule has 0 saturated carbocycles. The summed E-state index contributed by atoms with van der Waals surface area (Å²) in [5.41, 5.74) is 4.72. The maximum atomic E-state index is 5.27. The first-order valence-corrected chi connectivity index (χ1v) is 6.31. The number of morpholine rings is 1. The molecule has 0 atom stereocenters. The number of halogens is 1. The smallest absolute Gasteiger partial charge is 0.0701 e. The van der Waals surface area contributed by atoms with E-state index >= 15 is 0 Å². The molecule has 78 valence electrons. The van der Waals surface area contributed by atoms with E-state index in [1.54, 1.807) is 11.3 Å². The number of rotatable bonds is 3. The van der Waals surface area contributed by atoms with Crippen molar-refractivity contribution in [3.8, 4) is 0 Å². The maximum Gasteiger partial charge on any atom is 0.0701 e. The second kappa shape index (κ2) is 5.23. The van der Waals surface area contributed by atoms with Gasteiger partial charge in [-0.2, -0.15) is 0 Å². The topological polar surface area (TPSA) is 24.5 Å². The van der Waals surface area contributed by atoms with Crippen LogP contribution in [0.4, 0.5) is 0 Å².